The minimum Gasteiger partial charge on any atom is -0.339 e. The molecule has 1 fully saturated rings. The maximum atomic E-state index is 13.1. The quantitative estimate of drug-likeness (QED) is 0.386. The minimum atomic E-state index is -0.500. The molecule has 174 valence electrons. The Balaban J connectivity index is 1.22. The Hall–Kier alpha value is -2.77. The van der Waals surface area contributed by atoms with Crippen molar-refractivity contribution in [2.75, 3.05) is 26.2 Å². The van der Waals surface area contributed by atoms with Crippen LogP contribution in [-0.4, -0.2) is 47.9 Å². The highest BCUT2D eigenvalue weighted by atomic mass is 32.1. The lowest BCUT2D eigenvalue weighted by Gasteiger charge is -2.40. The molecule has 1 aliphatic heterocycles. The van der Waals surface area contributed by atoms with E-state index in [1.165, 1.54) is 20.9 Å². The summed E-state index contributed by atoms with van der Waals surface area (Å²) in [4.78, 5) is 21.2. The molecule has 0 saturated carbocycles. The number of carbonyl (C=O) groups is 1. The number of nitrogens with zero attached hydrogens (tertiary/aromatic N) is 2. The Labute approximate surface area is 209 Å². The summed E-state index contributed by atoms with van der Waals surface area (Å²) in [5.74, 6) is 0.0571. The van der Waals surface area contributed by atoms with Crippen LogP contribution in [0.25, 0.3) is 9.75 Å². The van der Waals surface area contributed by atoms with Crippen molar-refractivity contribution in [2.45, 2.75) is 18.5 Å². The first-order chi connectivity index (χ1) is 16.7. The molecule has 34 heavy (non-hydrogen) atoms. The standard InChI is InChI=1S/C28H29N3OS2/c29-24(20-23-13-14-26(34-23)25-12-7-19-33-25)28(32)31-17-15-30(16-18-31)27(21-8-3-1-4-9-21)22-10-5-2-6-11-22/h1-14,19,24,27H,15-18,20,29H2. The summed E-state index contributed by atoms with van der Waals surface area (Å²) in [6.45, 7) is 3.06. The van der Waals surface area contributed by atoms with Gasteiger partial charge >= 0.3 is 0 Å². The Morgan fingerprint density at radius 1 is 0.794 bits per heavy atom. The second-order valence-corrected chi connectivity index (χ2v) is 10.8. The zero-order valence-corrected chi connectivity index (χ0v) is 20.7. The van der Waals surface area contributed by atoms with Gasteiger partial charge in [-0.25, -0.2) is 0 Å². The molecule has 1 saturated heterocycles. The van der Waals surface area contributed by atoms with Crippen LogP contribution < -0.4 is 5.73 Å². The second kappa shape index (κ2) is 10.7. The molecule has 0 bridgehead atoms. The molecule has 4 aromatic rings. The maximum Gasteiger partial charge on any atom is 0.239 e. The Morgan fingerprint density at radius 3 is 2.03 bits per heavy atom. The maximum absolute atomic E-state index is 13.1. The van der Waals surface area contributed by atoms with Gasteiger partial charge in [0.2, 0.25) is 5.91 Å². The molecule has 0 spiro atoms. The third-order valence-electron chi connectivity index (χ3n) is 6.39. The fraction of sp³-hybridized carbons (Fsp3) is 0.250. The first-order valence-electron chi connectivity index (χ1n) is 11.7. The summed E-state index contributed by atoms with van der Waals surface area (Å²) in [6.07, 6.45) is 0.589. The summed E-state index contributed by atoms with van der Waals surface area (Å²) in [5, 5.41) is 2.09. The lowest BCUT2D eigenvalue weighted by Crippen LogP contribution is -2.54. The average molecular weight is 488 g/mol. The Bertz CT molecular complexity index is 1140. The van der Waals surface area contributed by atoms with E-state index < -0.39 is 6.04 Å². The minimum absolute atomic E-state index is 0.0571. The van der Waals surface area contributed by atoms with Crippen molar-refractivity contribution in [3.8, 4) is 9.75 Å². The first-order valence-corrected chi connectivity index (χ1v) is 13.4. The Morgan fingerprint density at radius 2 is 1.44 bits per heavy atom. The van der Waals surface area contributed by atoms with Gasteiger partial charge in [0.15, 0.2) is 0 Å². The molecule has 0 aliphatic carbocycles. The van der Waals surface area contributed by atoms with E-state index in [0.29, 0.717) is 19.5 Å². The summed E-state index contributed by atoms with van der Waals surface area (Å²) in [7, 11) is 0. The SMILES string of the molecule is NC(Cc1ccc(-c2cccs2)s1)C(=O)N1CCN(C(c2ccccc2)c2ccccc2)CC1. The number of hydrogen-bond acceptors (Lipinski definition) is 5. The molecule has 5 rings (SSSR count). The number of thiophene rings is 2. The van der Waals surface area contributed by atoms with Gasteiger partial charge < -0.3 is 10.6 Å². The van der Waals surface area contributed by atoms with E-state index in [0.717, 1.165) is 18.0 Å². The highest BCUT2D eigenvalue weighted by Gasteiger charge is 2.30. The normalized spacial score (nSPS) is 15.5. The molecule has 3 heterocycles. The zero-order valence-electron chi connectivity index (χ0n) is 19.0. The van der Waals surface area contributed by atoms with Crippen molar-refractivity contribution >= 4 is 28.6 Å². The van der Waals surface area contributed by atoms with Crippen LogP contribution in [0.1, 0.15) is 22.0 Å². The van der Waals surface area contributed by atoms with E-state index in [4.69, 9.17) is 5.73 Å². The van der Waals surface area contributed by atoms with Gasteiger partial charge in [-0.15, -0.1) is 22.7 Å². The number of hydrogen-bond donors (Lipinski definition) is 1. The fourth-order valence-electron chi connectivity index (χ4n) is 4.66. The number of carbonyl (C=O) groups excluding carboxylic acids is 1. The van der Waals surface area contributed by atoms with Gasteiger partial charge in [-0.05, 0) is 34.7 Å². The third-order valence-corrected chi connectivity index (χ3v) is 8.56. The molecule has 1 atom stereocenters. The summed E-state index contributed by atoms with van der Waals surface area (Å²) < 4.78 is 0. The van der Waals surface area contributed by atoms with Crippen LogP contribution in [-0.2, 0) is 11.2 Å². The van der Waals surface area contributed by atoms with Gasteiger partial charge in [0, 0.05) is 47.2 Å². The van der Waals surface area contributed by atoms with E-state index in [9.17, 15) is 4.79 Å². The molecular formula is C28H29N3OS2. The molecule has 0 radical (unpaired) electrons. The van der Waals surface area contributed by atoms with Crippen LogP contribution in [0.4, 0.5) is 0 Å². The number of benzene rings is 2. The topological polar surface area (TPSA) is 49.6 Å². The van der Waals surface area contributed by atoms with Crippen molar-refractivity contribution in [1.29, 1.82) is 0 Å². The van der Waals surface area contributed by atoms with Gasteiger partial charge in [-0.1, -0.05) is 66.7 Å². The number of piperazine rings is 1. The van der Waals surface area contributed by atoms with Crippen LogP contribution in [0, 0.1) is 0 Å². The largest absolute Gasteiger partial charge is 0.339 e. The van der Waals surface area contributed by atoms with Crippen LogP contribution in [0.5, 0.6) is 0 Å². The van der Waals surface area contributed by atoms with Crippen LogP contribution in [0.3, 0.4) is 0 Å². The first kappa shape index (κ1) is 23.0. The molecular weight excluding hydrogens is 458 g/mol. The van der Waals surface area contributed by atoms with Crippen LogP contribution in [0.2, 0.25) is 0 Å². The zero-order chi connectivity index (χ0) is 23.3. The molecule has 2 N–H and O–H groups in total. The van der Waals surface area contributed by atoms with Crippen molar-refractivity contribution in [1.82, 2.24) is 9.80 Å². The smallest absolute Gasteiger partial charge is 0.239 e. The lowest BCUT2D eigenvalue weighted by molar-refractivity contribution is -0.134. The van der Waals surface area contributed by atoms with E-state index in [2.05, 4.69) is 95.2 Å². The number of rotatable bonds is 7. The number of amides is 1. The molecule has 1 aliphatic rings. The van der Waals surface area contributed by atoms with E-state index in [1.807, 2.05) is 4.90 Å². The van der Waals surface area contributed by atoms with Gasteiger partial charge in [0.25, 0.3) is 0 Å². The Kier molecular flexibility index (Phi) is 7.21. The molecule has 2 aromatic heterocycles. The summed E-state index contributed by atoms with van der Waals surface area (Å²) >= 11 is 3.47. The monoisotopic (exact) mass is 487 g/mol. The van der Waals surface area contributed by atoms with Crippen molar-refractivity contribution in [3.63, 3.8) is 0 Å². The van der Waals surface area contributed by atoms with E-state index >= 15 is 0 Å². The second-order valence-electron chi connectivity index (χ2n) is 8.64. The van der Waals surface area contributed by atoms with Crippen molar-refractivity contribution in [3.05, 3.63) is 106 Å². The van der Waals surface area contributed by atoms with Crippen LogP contribution in [0.15, 0.2) is 90.3 Å². The predicted octanol–water partition coefficient (Wildman–Crippen LogP) is 5.28. The van der Waals surface area contributed by atoms with E-state index in [-0.39, 0.29) is 11.9 Å². The molecule has 4 nitrogen and oxygen atoms in total. The van der Waals surface area contributed by atoms with Gasteiger partial charge in [-0.2, -0.15) is 0 Å². The average Bonchev–Trinajstić information content (AvgIpc) is 3.58. The summed E-state index contributed by atoms with van der Waals surface area (Å²) in [6, 6.07) is 29.4. The highest BCUT2D eigenvalue weighted by molar-refractivity contribution is 7.21. The molecule has 1 amide bonds. The molecule has 6 heteroatoms. The lowest BCUT2D eigenvalue weighted by atomic mass is 9.96. The summed E-state index contributed by atoms with van der Waals surface area (Å²) in [5.41, 5.74) is 8.95. The number of nitrogens with two attached hydrogens (primary N) is 1. The van der Waals surface area contributed by atoms with Crippen molar-refractivity contribution < 1.29 is 4.79 Å². The third kappa shape index (κ3) is 5.15. The highest BCUT2D eigenvalue weighted by Crippen LogP contribution is 2.32. The fourth-order valence-corrected chi connectivity index (χ4v) is 6.56. The molecule has 2 aromatic carbocycles. The van der Waals surface area contributed by atoms with E-state index in [1.54, 1.807) is 22.7 Å². The van der Waals surface area contributed by atoms with Gasteiger partial charge in [0.05, 0.1) is 12.1 Å². The van der Waals surface area contributed by atoms with Crippen molar-refractivity contribution in [2.24, 2.45) is 5.73 Å². The van der Waals surface area contributed by atoms with Crippen LogP contribution >= 0.6 is 22.7 Å². The predicted molar refractivity (Wildman–Crippen MR) is 142 cm³/mol. The van der Waals surface area contributed by atoms with Gasteiger partial charge in [-0.3, -0.25) is 9.69 Å². The molecule has 1 unspecified atom stereocenters. The van der Waals surface area contributed by atoms with Gasteiger partial charge in [0.1, 0.15) is 0 Å².